The number of piperazine rings is 1. The highest BCUT2D eigenvalue weighted by Gasteiger charge is 2.27. The van der Waals surface area contributed by atoms with Gasteiger partial charge in [-0.3, -0.25) is 4.79 Å². The van der Waals surface area contributed by atoms with Crippen LogP contribution in [0.25, 0.3) is 0 Å². The van der Waals surface area contributed by atoms with Gasteiger partial charge >= 0.3 is 6.18 Å². The Bertz CT molecular complexity index is 546. The number of alkyl halides is 3. The lowest BCUT2D eigenvalue weighted by molar-refractivity contribution is -0.175. The first-order valence-corrected chi connectivity index (χ1v) is 7.64. The fourth-order valence-electron chi connectivity index (χ4n) is 2.38. The molecule has 1 fully saturated rings. The average molecular weight is 346 g/mol. The number of ether oxygens (including phenoxy) is 1. The first kappa shape index (κ1) is 18.5. The highest BCUT2D eigenvalue weighted by Crippen LogP contribution is 2.18. The largest absolute Gasteiger partial charge is 0.411 e. The molecule has 9 heteroatoms. The smallest absolute Gasteiger partial charge is 0.362 e. The van der Waals surface area contributed by atoms with Crippen LogP contribution in [0.1, 0.15) is 5.56 Å². The minimum atomic E-state index is -4.43. The predicted molar refractivity (Wildman–Crippen MR) is 82.7 cm³/mol. The molecule has 1 N–H and O–H groups in total. The van der Waals surface area contributed by atoms with Crippen LogP contribution in [0.5, 0.6) is 0 Å². The van der Waals surface area contributed by atoms with E-state index >= 15 is 0 Å². The molecule has 0 saturated carbocycles. The zero-order valence-electron chi connectivity index (χ0n) is 13.5. The molecular weight excluding hydrogens is 325 g/mol. The molecular formula is C15H21F3N4O2. The summed E-state index contributed by atoms with van der Waals surface area (Å²) in [6.07, 6.45) is -2.75. The number of hydrogen-bond acceptors (Lipinski definition) is 5. The number of halogens is 3. The van der Waals surface area contributed by atoms with Crippen molar-refractivity contribution in [1.82, 2.24) is 15.2 Å². The van der Waals surface area contributed by atoms with Crippen molar-refractivity contribution in [3.05, 3.63) is 23.9 Å². The van der Waals surface area contributed by atoms with Gasteiger partial charge in [0.25, 0.3) is 0 Å². The van der Waals surface area contributed by atoms with Crippen LogP contribution in [0, 0.1) is 0 Å². The van der Waals surface area contributed by atoms with Crippen molar-refractivity contribution in [3.63, 3.8) is 0 Å². The Kier molecular flexibility index (Phi) is 6.38. The summed E-state index contributed by atoms with van der Waals surface area (Å²) in [5.74, 6) is 0.203. The maximum atomic E-state index is 12.0. The monoisotopic (exact) mass is 346 g/mol. The second kappa shape index (κ2) is 8.29. The molecule has 0 radical (unpaired) electrons. The van der Waals surface area contributed by atoms with Crippen molar-refractivity contribution in [3.8, 4) is 0 Å². The Morgan fingerprint density at radius 2 is 2.04 bits per heavy atom. The Balaban J connectivity index is 1.85. The molecule has 0 unspecified atom stereocenters. The van der Waals surface area contributed by atoms with E-state index in [4.69, 9.17) is 0 Å². The minimum absolute atomic E-state index is 0.198. The van der Waals surface area contributed by atoms with Crippen molar-refractivity contribution in [1.29, 1.82) is 0 Å². The number of nitrogens with zero attached hydrogens (tertiary/aromatic N) is 3. The van der Waals surface area contributed by atoms with E-state index in [2.05, 4.69) is 31.9 Å². The molecule has 2 heterocycles. The second-order valence-corrected chi connectivity index (χ2v) is 5.66. The molecule has 0 bridgehead atoms. The van der Waals surface area contributed by atoms with Crippen LogP contribution in [0.15, 0.2) is 18.3 Å². The zero-order valence-corrected chi connectivity index (χ0v) is 13.5. The van der Waals surface area contributed by atoms with Crippen LogP contribution in [0.3, 0.4) is 0 Å². The summed E-state index contributed by atoms with van der Waals surface area (Å²) in [6, 6.07) is 3.61. The third-order valence-electron chi connectivity index (χ3n) is 3.65. The summed E-state index contributed by atoms with van der Waals surface area (Å²) < 4.78 is 40.2. The molecule has 1 aliphatic rings. The van der Waals surface area contributed by atoms with Gasteiger partial charge in [-0.25, -0.2) is 4.98 Å². The molecule has 1 aromatic rings. The van der Waals surface area contributed by atoms with E-state index in [9.17, 15) is 18.0 Å². The van der Waals surface area contributed by atoms with Crippen molar-refractivity contribution < 1.29 is 22.7 Å². The van der Waals surface area contributed by atoms with Crippen LogP contribution < -0.4 is 10.2 Å². The number of rotatable bonds is 6. The highest BCUT2D eigenvalue weighted by molar-refractivity contribution is 5.77. The van der Waals surface area contributed by atoms with E-state index in [-0.39, 0.29) is 6.54 Å². The summed E-state index contributed by atoms with van der Waals surface area (Å²) in [4.78, 5) is 20.3. The van der Waals surface area contributed by atoms with Gasteiger partial charge in [0.05, 0.1) is 0 Å². The fourth-order valence-corrected chi connectivity index (χ4v) is 2.38. The lowest BCUT2D eigenvalue weighted by Gasteiger charge is -2.34. The van der Waals surface area contributed by atoms with E-state index in [0.717, 1.165) is 37.6 Å². The van der Waals surface area contributed by atoms with Crippen molar-refractivity contribution >= 4 is 11.7 Å². The van der Waals surface area contributed by atoms with Crippen molar-refractivity contribution in [2.45, 2.75) is 12.7 Å². The summed E-state index contributed by atoms with van der Waals surface area (Å²) >= 11 is 0. The number of amides is 1. The van der Waals surface area contributed by atoms with Gasteiger partial charge in [0.1, 0.15) is 19.0 Å². The molecule has 24 heavy (non-hydrogen) atoms. The van der Waals surface area contributed by atoms with Gasteiger partial charge in [0.15, 0.2) is 0 Å². The number of hydrogen-bond donors (Lipinski definition) is 1. The van der Waals surface area contributed by atoms with E-state index in [1.807, 2.05) is 6.07 Å². The number of anilines is 1. The van der Waals surface area contributed by atoms with Gasteiger partial charge in [0.2, 0.25) is 5.91 Å². The maximum Gasteiger partial charge on any atom is 0.411 e. The first-order chi connectivity index (χ1) is 11.3. The maximum absolute atomic E-state index is 12.0. The van der Waals surface area contributed by atoms with E-state index in [1.54, 1.807) is 12.3 Å². The van der Waals surface area contributed by atoms with E-state index in [0.29, 0.717) is 0 Å². The SMILES string of the molecule is CN1CCN(c2ncccc2CNC(=O)COCC(F)(F)F)CC1. The average Bonchev–Trinajstić information content (AvgIpc) is 2.53. The molecule has 0 spiro atoms. The topological polar surface area (TPSA) is 57.7 Å². The standard InChI is InChI=1S/C15H21F3N4O2/c1-21-5-7-22(8-6-21)14-12(3-2-4-19-14)9-20-13(23)10-24-11-15(16,17)18/h2-4H,5-11H2,1H3,(H,20,23). The zero-order chi connectivity index (χ0) is 17.6. The molecule has 1 aliphatic heterocycles. The predicted octanol–water partition coefficient (Wildman–Crippen LogP) is 1.03. The van der Waals surface area contributed by atoms with Crippen LogP contribution in [0.4, 0.5) is 19.0 Å². The highest BCUT2D eigenvalue weighted by atomic mass is 19.4. The summed E-state index contributed by atoms with van der Waals surface area (Å²) in [5.41, 5.74) is 0.825. The quantitative estimate of drug-likeness (QED) is 0.834. The van der Waals surface area contributed by atoms with Gasteiger partial charge in [0, 0.05) is 44.5 Å². The third kappa shape index (κ3) is 5.97. The molecule has 1 amide bonds. The van der Waals surface area contributed by atoms with Crippen LogP contribution in [-0.2, 0) is 16.1 Å². The Morgan fingerprint density at radius 3 is 2.71 bits per heavy atom. The van der Waals surface area contributed by atoms with Gasteiger partial charge in [-0.1, -0.05) is 6.07 Å². The summed E-state index contributed by atoms with van der Waals surface area (Å²) in [6.45, 7) is 1.67. The number of aromatic nitrogens is 1. The van der Waals surface area contributed by atoms with Crippen molar-refractivity contribution in [2.24, 2.45) is 0 Å². The lowest BCUT2D eigenvalue weighted by Crippen LogP contribution is -2.45. The summed E-state index contributed by atoms with van der Waals surface area (Å²) in [7, 11) is 2.05. The Morgan fingerprint density at radius 1 is 1.33 bits per heavy atom. The second-order valence-electron chi connectivity index (χ2n) is 5.66. The molecule has 1 aromatic heterocycles. The third-order valence-corrected chi connectivity index (χ3v) is 3.65. The Labute approximate surface area is 138 Å². The lowest BCUT2D eigenvalue weighted by atomic mass is 10.2. The van der Waals surface area contributed by atoms with Gasteiger partial charge in [-0.05, 0) is 13.1 Å². The number of likely N-dealkylation sites (N-methyl/N-ethyl adjacent to an activating group) is 1. The van der Waals surface area contributed by atoms with Crippen LogP contribution in [-0.4, -0.2) is 68.4 Å². The minimum Gasteiger partial charge on any atom is -0.362 e. The van der Waals surface area contributed by atoms with E-state index < -0.39 is 25.3 Å². The van der Waals surface area contributed by atoms with Gasteiger partial charge in [-0.15, -0.1) is 0 Å². The van der Waals surface area contributed by atoms with Crippen molar-refractivity contribution in [2.75, 3.05) is 51.3 Å². The van der Waals surface area contributed by atoms with Crippen LogP contribution in [0.2, 0.25) is 0 Å². The molecule has 0 aliphatic carbocycles. The molecule has 1 saturated heterocycles. The van der Waals surface area contributed by atoms with E-state index in [1.165, 1.54) is 0 Å². The van der Waals surface area contributed by atoms with Gasteiger partial charge in [-0.2, -0.15) is 13.2 Å². The van der Waals surface area contributed by atoms with Gasteiger partial charge < -0.3 is 19.9 Å². The molecule has 134 valence electrons. The Hall–Kier alpha value is -1.87. The normalized spacial score (nSPS) is 16.2. The molecule has 2 rings (SSSR count). The molecule has 6 nitrogen and oxygen atoms in total. The number of carbonyl (C=O) groups is 1. The first-order valence-electron chi connectivity index (χ1n) is 7.64. The van der Waals surface area contributed by atoms with Crippen LogP contribution >= 0.6 is 0 Å². The number of carbonyl (C=O) groups excluding carboxylic acids is 1. The number of pyridine rings is 1. The summed E-state index contributed by atoms with van der Waals surface area (Å²) in [5, 5.41) is 2.57. The number of nitrogens with one attached hydrogen (secondary N) is 1. The fraction of sp³-hybridized carbons (Fsp3) is 0.600. The molecule has 0 atom stereocenters. The molecule has 0 aromatic carbocycles.